The number of likely N-dealkylation sites (tertiary alicyclic amines) is 1. The first-order valence-electron chi connectivity index (χ1n) is 11.2. The first-order valence-corrected chi connectivity index (χ1v) is 12.7. The molecule has 2 atom stereocenters. The van der Waals surface area contributed by atoms with Gasteiger partial charge in [0.1, 0.15) is 0 Å². The van der Waals surface area contributed by atoms with Gasteiger partial charge >= 0.3 is 0 Å². The molecule has 2 heterocycles. The molecule has 1 N–H and O–H groups in total. The van der Waals surface area contributed by atoms with Crippen molar-refractivity contribution in [3.05, 3.63) is 54.1 Å². The van der Waals surface area contributed by atoms with E-state index in [-0.39, 0.29) is 0 Å². The number of rotatable bonds is 7. The van der Waals surface area contributed by atoms with Crippen molar-refractivity contribution >= 4 is 21.4 Å². The van der Waals surface area contributed by atoms with Crippen LogP contribution in [0.4, 0.5) is 11.4 Å². The average molecular weight is 428 g/mol. The van der Waals surface area contributed by atoms with E-state index in [1.165, 1.54) is 18.4 Å². The summed E-state index contributed by atoms with van der Waals surface area (Å²) in [6.45, 7) is 8.80. The third-order valence-corrected chi connectivity index (χ3v) is 7.84. The van der Waals surface area contributed by atoms with Crippen molar-refractivity contribution in [1.29, 1.82) is 0 Å². The molecule has 5 nitrogen and oxygen atoms in total. The number of hydrogen-bond donors (Lipinski definition) is 1. The SMILES string of the molecule is CCCN1CCC(c2ccc(NS(=O)(=O)c3cccc(N4CCCC4C)c3)cc2)C1. The Morgan fingerprint density at radius 1 is 1.07 bits per heavy atom. The Balaban J connectivity index is 1.45. The van der Waals surface area contributed by atoms with Gasteiger partial charge in [0.25, 0.3) is 10.0 Å². The predicted octanol–water partition coefficient (Wildman–Crippen LogP) is 4.68. The van der Waals surface area contributed by atoms with E-state index in [9.17, 15) is 8.42 Å². The van der Waals surface area contributed by atoms with Crippen LogP contribution in [0, 0.1) is 0 Å². The Hall–Kier alpha value is -2.05. The maximum Gasteiger partial charge on any atom is 0.261 e. The van der Waals surface area contributed by atoms with Crippen LogP contribution in [0.15, 0.2) is 53.4 Å². The van der Waals surface area contributed by atoms with Crippen molar-refractivity contribution in [2.75, 3.05) is 35.8 Å². The van der Waals surface area contributed by atoms with Gasteiger partial charge in [-0.15, -0.1) is 0 Å². The summed E-state index contributed by atoms with van der Waals surface area (Å²) in [7, 11) is -3.62. The second-order valence-electron chi connectivity index (χ2n) is 8.70. The summed E-state index contributed by atoms with van der Waals surface area (Å²) in [6.07, 6.45) is 4.66. The lowest BCUT2D eigenvalue weighted by molar-refractivity contribution is 0.335. The van der Waals surface area contributed by atoms with Crippen molar-refractivity contribution in [1.82, 2.24) is 4.90 Å². The van der Waals surface area contributed by atoms with Crippen molar-refractivity contribution in [2.45, 2.75) is 56.4 Å². The smallest absolute Gasteiger partial charge is 0.261 e. The molecule has 4 rings (SSSR count). The molecule has 0 amide bonds. The van der Waals surface area contributed by atoms with E-state index in [0.29, 0.717) is 22.5 Å². The van der Waals surface area contributed by atoms with Gasteiger partial charge in [0.2, 0.25) is 0 Å². The Bertz CT molecular complexity index is 959. The quantitative estimate of drug-likeness (QED) is 0.697. The maximum absolute atomic E-state index is 13.0. The van der Waals surface area contributed by atoms with E-state index in [1.54, 1.807) is 12.1 Å². The van der Waals surface area contributed by atoms with Gasteiger partial charge in [0.15, 0.2) is 0 Å². The van der Waals surface area contributed by atoms with E-state index in [0.717, 1.165) is 44.7 Å². The van der Waals surface area contributed by atoms with E-state index in [2.05, 4.69) is 40.5 Å². The van der Waals surface area contributed by atoms with Crippen LogP contribution in [0.1, 0.15) is 51.0 Å². The van der Waals surface area contributed by atoms with E-state index in [1.807, 2.05) is 24.3 Å². The van der Waals surface area contributed by atoms with Crippen LogP contribution in [0.5, 0.6) is 0 Å². The van der Waals surface area contributed by atoms with Crippen LogP contribution < -0.4 is 9.62 Å². The molecule has 2 fully saturated rings. The van der Waals surface area contributed by atoms with Crippen molar-refractivity contribution in [3.63, 3.8) is 0 Å². The Kier molecular flexibility index (Phi) is 6.34. The van der Waals surface area contributed by atoms with Gasteiger partial charge in [-0.1, -0.05) is 25.1 Å². The fourth-order valence-corrected chi connectivity index (χ4v) is 5.91. The molecule has 162 valence electrons. The standard InChI is InChI=1S/C24H33N3O2S/c1-3-14-26-16-13-21(18-26)20-9-11-22(12-10-20)25-30(28,29)24-8-4-7-23(17-24)27-15-5-6-19(27)2/h4,7-12,17,19,21,25H,3,5-6,13-16,18H2,1-2H3. The third kappa shape index (κ3) is 4.65. The van der Waals surface area contributed by atoms with E-state index < -0.39 is 10.0 Å². The van der Waals surface area contributed by atoms with Gasteiger partial charge in [-0.3, -0.25) is 4.72 Å². The van der Waals surface area contributed by atoms with Gasteiger partial charge in [-0.2, -0.15) is 0 Å². The first kappa shape index (κ1) is 21.2. The lowest BCUT2D eigenvalue weighted by atomic mass is 9.98. The monoisotopic (exact) mass is 427 g/mol. The third-order valence-electron chi connectivity index (χ3n) is 6.46. The summed E-state index contributed by atoms with van der Waals surface area (Å²) < 4.78 is 28.7. The largest absolute Gasteiger partial charge is 0.369 e. The van der Waals surface area contributed by atoms with Crippen LogP contribution in [0.3, 0.4) is 0 Å². The highest BCUT2D eigenvalue weighted by molar-refractivity contribution is 7.92. The second kappa shape index (κ2) is 8.98. The molecule has 0 spiro atoms. The van der Waals surface area contributed by atoms with Crippen LogP contribution in [0.25, 0.3) is 0 Å². The van der Waals surface area contributed by atoms with Crippen LogP contribution in [-0.2, 0) is 10.0 Å². The molecule has 2 aliphatic heterocycles. The molecule has 0 aromatic heterocycles. The van der Waals surface area contributed by atoms with Crippen molar-refractivity contribution in [2.24, 2.45) is 0 Å². The lowest BCUT2D eigenvalue weighted by Gasteiger charge is -2.24. The molecule has 2 aromatic carbocycles. The number of nitrogens with one attached hydrogen (secondary N) is 1. The van der Waals surface area contributed by atoms with Gasteiger partial charge in [0.05, 0.1) is 4.90 Å². The maximum atomic E-state index is 13.0. The highest BCUT2D eigenvalue weighted by Gasteiger charge is 2.24. The van der Waals surface area contributed by atoms with Crippen LogP contribution in [-0.4, -0.2) is 45.5 Å². The summed E-state index contributed by atoms with van der Waals surface area (Å²) in [6, 6.07) is 15.7. The predicted molar refractivity (Wildman–Crippen MR) is 124 cm³/mol. The molecule has 2 aromatic rings. The van der Waals surface area contributed by atoms with Crippen LogP contribution >= 0.6 is 0 Å². The first-order chi connectivity index (χ1) is 14.5. The molecule has 6 heteroatoms. The average Bonchev–Trinajstić information content (AvgIpc) is 3.38. The zero-order valence-corrected chi connectivity index (χ0v) is 18.9. The molecule has 0 saturated carbocycles. The molecule has 0 aliphatic carbocycles. The zero-order valence-electron chi connectivity index (χ0n) is 18.0. The summed E-state index contributed by atoms with van der Waals surface area (Å²) in [5, 5.41) is 0. The zero-order chi connectivity index (χ0) is 21.1. The lowest BCUT2D eigenvalue weighted by Crippen LogP contribution is -2.26. The number of anilines is 2. The molecular weight excluding hydrogens is 394 g/mol. The fraction of sp³-hybridized carbons (Fsp3) is 0.500. The number of sulfonamides is 1. The Morgan fingerprint density at radius 2 is 1.87 bits per heavy atom. The van der Waals surface area contributed by atoms with E-state index >= 15 is 0 Å². The minimum absolute atomic E-state index is 0.314. The number of benzene rings is 2. The minimum Gasteiger partial charge on any atom is -0.369 e. The highest BCUT2D eigenvalue weighted by Crippen LogP contribution is 2.30. The molecule has 0 radical (unpaired) electrons. The van der Waals surface area contributed by atoms with Gasteiger partial charge < -0.3 is 9.80 Å². The molecule has 30 heavy (non-hydrogen) atoms. The van der Waals surface area contributed by atoms with Gasteiger partial charge in [-0.05, 0) is 87.5 Å². The fourth-order valence-electron chi connectivity index (χ4n) is 4.81. The Labute approximate surface area is 181 Å². The molecule has 2 saturated heterocycles. The van der Waals surface area contributed by atoms with Crippen LogP contribution in [0.2, 0.25) is 0 Å². The molecular formula is C24H33N3O2S. The summed E-state index contributed by atoms with van der Waals surface area (Å²) >= 11 is 0. The highest BCUT2D eigenvalue weighted by atomic mass is 32.2. The molecule has 2 unspecified atom stereocenters. The van der Waals surface area contributed by atoms with Crippen molar-refractivity contribution < 1.29 is 8.42 Å². The van der Waals surface area contributed by atoms with Gasteiger partial charge in [0, 0.05) is 30.5 Å². The summed E-state index contributed by atoms with van der Waals surface area (Å²) in [4.78, 5) is 5.11. The summed E-state index contributed by atoms with van der Waals surface area (Å²) in [5.74, 6) is 0.543. The molecule has 2 aliphatic rings. The number of nitrogens with zero attached hydrogens (tertiary/aromatic N) is 2. The van der Waals surface area contributed by atoms with Crippen molar-refractivity contribution in [3.8, 4) is 0 Å². The summed E-state index contributed by atoms with van der Waals surface area (Å²) in [5.41, 5.74) is 2.89. The minimum atomic E-state index is -3.62. The van der Waals surface area contributed by atoms with Gasteiger partial charge in [-0.25, -0.2) is 8.42 Å². The Morgan fingerprint density at radius 3 is 2.57 bits per heavy atom. The second-order valence-corrected chi connectivity index (χ2v) is 10.4. The number of hydrogen-bond acceptors (Lipinski definition) is 4. The molecule has 0 bridgehead atoms. The normalized spacial score (nSPS) is 22.5. The van der Waals surface area contributed by atoms with E-state index in [4.69, 9.17) is 0 Å². The topological polar surface area (TPSA) is 52.7 Å².